The molecule has 2 saturated heterocycles. The van der Waals surface area contributed by atoms with Crippen molar-refractivity contribution in [1.82, 2.24) is 9.21 Å². The predicted molar refractivity (Wildman–Crippen MR) is 109 cm³/mol. The van der Waals surface area contributed by atoms with Crippen LogP contribution in [0.1, 0.15) is 26.7 Å². The Balaban J connectivity index is 1.58. The Bertz CT molecular complexity index is 867. The van der Waals surface area contributed by atoms with Gasteiger partial charge in [-0.05, 0) is 57.5 Å². The summed E-state index contributed by atoms with van der Waals surface area (Å²) < 4.78 is 71.5. The van der Waals surface area contributed by atoms with Gasteiger partial charge < -0.3 is 10.1 Å². The van der Waals surface area contributed by atoms with Crippen LogP contribution < -0.4 is 5.32 Å². The first kappa shape index (κ1) is 24.0. The highest BCUT2D eigenvalue weighted by Gasteiger charge is 2.42. The number of piperidine rings is 1. The highest BCUT2D eigenvalue weighted by molar-refractivity contribution is 7.89. The Hall–Kier alpha value is -1.69. The summed E-state index contributed by atoms with van der Waals surface area (Å²) in [6, 6.07) is 5.78. The highest BCUT2D eigenvalue weighted by atomic mass is 32.2. The van der Waals surface area contributed by atoms with Gasteiger partial charge in [0.25, 0.3) is 0 Å². The maximum Gasteiger partial charge on any atom is 0.393 e. The van der Waals surface area contributed by atoms with Gasteiger partial charge in [0.2, 0.25) is 15.9 Å². The number of carbonyl (C=O) groups is 1. The van der Waals surface area contributed by atoms with Crippen molar-refractivity contribution in [3.63, 3.8) is 0 Å². The molecule has 174 valence electrons. The molecular formula is C20H28F3N3O4S. The van der Waals surface area contributed by atoms with E-state index in [2.05, 4.69) is 5.32 Å². The fourth-order valence-electron chi connectivity index (χ4n) is 4.06. The van der Waals surface area contributed by atoms with Gasteiger partial charge in [0.1, 0.15) is 0 Å². The van der Waals surface area contributed by atoms with Crippen molar-refractivity contribution in [3.8, 4) is 0 Å². The van der Waals surface area contributed by atoms with E-state index in [9.17, 15) is 26.4 Å². The molecule has 3 rings (SSSR count). The van der Waals surface area contributed by atoms with Gasteiger partial charge in [-0.2, -0.15) is 17.5 Å². The number of sulfonamides is 1. The van der Waals surface area contributed by atoms with E-state index >= 15 is 0 Å². The molecule has 0 saturated carbocycles. The Morgan fingerprint density at radius 3 is 2.32 bits per heavy atom. The number of benzene rings is 1. The monoisotopic (exact) mass is 463 g/mol. The van der Waals surface area contributed by atoms with Crippen molar-refractivity contribution in [2.45, 2.75) is 50.0 Å². The van der Waals surface area contributed by atoms with Gasteiger partial charge in [-0.15, -0.1) is 0 Å². The molecule has 2 aliphatic heterocycles. The number of anilines is 1. The number of nitrogens with one attached hydrogen (secondary N) is 1. The first-order valence-electron chi connectivity index (χ1n) is 10.3. The lowest BCUT2D eigenvalue weighted by Gasteiger charge is -2.34. The standard InChI is InChI=1S/C20H28F3N3O4S/c1-14-10-26(11-15(2)30-14)31(28,29)18-7-5-17(6-8-18)24-19(27)13-25-9-3-4-16(12-25)20(21,22)23/h5-8,14-16H,3-4,9-13H2,1-2H3,(H,24,27). The molecule has 0 spiro atoms. The number of nitrogens with zero attached hydrogens (tertiary/aromatic N) is 2. The minimum absolute atomic E-state index is 0.0816. The molecule has 1 aromatic carbocycles. The smallest absolute Gasteiger partial charge is 0.373 e. The van der Waals surface area contributed by atoms with E-state index in [4.69, 9.17) is 4.74 Å². The zero-order valence-electron chi connectivity index (χ0n) is 17.6. The lowest BCUT2D eigenvalue weighted by atomic mass is 9.97. The molecular weight excluding hydrogens is 435 g/mol. The van der Waals surface area contributed by atoms with Gasteiger partial charge in [0, 0.05) is 25.3 Å². The number of alkyl halides is 3. The van der Waals surface area contributed by atoms with Gasteiger partial charge in [-0.25, -0.2) is 8.42 Å². The molecule has 3 unspecified atom stereocenters. The molecule has 0 radical (unpaired) electrons. The molecule has 2 fully saturated rings. The molecule has 2 aliphatic rings. The van der Waals surface area contributed by atoms with Crippen molar-refractivity contribution in [2.24, 2.45) is 5.92 Å². The number of ether oxygens (including phenoxy) is 1. The summed E-state index contributed by atoms with van der Waals surface area (Å²) in [6.45, 7) is 4.26. The zero-order valence-corrected chi connectivity index (χ0v) is 18.4. The van der Waals surface area contributed by atoms with Crippen molar-refractivity contribution in [3.05, 3.63) is 24.3 Å². The lowest BCUT2D eigenvalue weighted by molar-refractivity contribution is -0.186. The van der Waals surface area contributed by atoms with Crippen molar-refractivity contribution in [1.29, 1.82) is 0 Å². The molecule has 0 aromatic heterocycles. The van der Waals surface area contributed by atoms with Crippen LogP contribution in [-0.2, 0) is 19.6 Å². The summed E-state index contributed by atoms with van der Waals surface area (Å²) in [4.78, 5) is 13.9. The summed E-state index contributed by atoms with van der Waals surface area (Å²) in [5, 5.41) is 2.62. The Kier molecular flexibility index (Phi) is 7.29. The maximum atomic E-state index is 12.9. The molecule has 1 aromatic rings. The predicted octanol–water partition coefficient (Wildman–Crippen LogP) is 2.70. The van der Waals surface area contributed by atoms with Crippen molar-refractivity contribution in [2.75, 3.05) is 38.0 Å². The van der Waals surface area contributed by atoms with E-state index in [-0.39, 0.29) is 49.7 Å². The van der Waals surface area contributed by atoms with Gasteiger partial charge >= 0.3 is 6.18 Å². The van der Waals surface area contributed by atoms with Crippen LogP contribution in [0.25, 0.3) is 0 Å². The Morgan fingerprint density at radius 2 is 1.74 bits per heavy atom. The maximum absolute atomic E-state index is 12.9. The third kappa shape index (κ3) is 6.18. The van der Waals surface area contributed by atoms with Crippen LogP contribution in [0.3, 0.4) is 0 Å². The van der Waals surface area contributed by atoms with Crippen LogP contribution in [0, 0.1) is 5.92 Å². The molecule has 0 bridgehead atoms. The average molecular weight is 464 g/mol. The third-order valence-electron chi connectivity index (χ3n) is 5.50. The molecule has 31 heavy (non-hydrogen) atoms. The fraction of sp³-hybridized carbons (Fsp3) is 0.650. The minimum atomic E-state index is -4.26. The number of hydrogen-bond donors (Lipinski definition) is 1. The average Bonchev–Trinajstić information content (AvgIpc) is 2.67. The van der Waals surface area contributed by atoms with Crippen LogP contribution >= 0.6 is 0 Å². The first-order chi connectivity index (χ1) is 14.4. The van der Waals surface area contributed by atoms with Crippen LogP contribution in [0.4, 0.5) is 18.9 Å². The number of likely N-dealkylation sites (tertiary alicyclic amines) is 1. The van der Waals surface area contributed by atoms with E-state index in [0.29, 0.717) is 18.7 Å². The van der Waals surface area contributed by atoms with Crippen LogP contribution in [0.2, 0.25) is 0 Å². The molecule has 11 heteroatoms. The van der Waals surface area contributed by atoms with E-state index in [1.807, 2.05) is 13.8 Å². The lowest BCUT2D eigenvalue weighted by Crippen LogP contribution is -2.48. The molecule has 1 amide bonds. The van der Waals surface area contributed by atoms with Crippen molar-refractivity contribution >= 4 is 21.6 Å². The number of amides is 1. The van der Waals surface area contributed by atoms with E-state index < -0.39 is 28.0 Å². The second kappa shape index (κ2) is 9.43. The van der Waals surface area contributed by atoms with E-state index in [0.717, 1.165) is 0 Å². The van der Waals surface area contributed by atoms with E-state index in [1.54, 1.807) is 0 Å². The third-order valence-corrected chi connectivity index (χ3v) is 7.34. The summed E-state index contributed by atoms with van der Waals surface area (Å²) >= 11 is 0. The van der Waals surface area contributed by atoms with Gasteiger partial charge in [-0.3, -0.25) is 9.69 Å². The summed E-state index contributed by atoms with van der Waals surface area (Å²) in [5.74, 6) is -1.85. The fourth-order valence-corrected chi connectivity index (χ4v) is 5.65. The van der Waals surface area contributed by atoms with Gasteiger partial charge in [0.15, 0.2) is 0 Å². The quantitative estimate of drug-likeness (QED) is 0.727. The second-order valence-electron chi connectivity index (χ2n) is 8.27. The normalized spacial score (nSPS) is 26.5. The number of carbonyl (C=O) groups excluding carboxylic acids is 1. The number of rotatable bonds is 5. The van der Waals surface area contributed by atoms with Gasteiger partial charge in [-0.1, -0.05) is 0 Å². The second-order valence-corrected chi connectivity index (χ2v) is 10.2. The van der Waals surface area contributed by atoms with Crippen LogP contribution in [0.15, 0.2) is 29.2 Å². The summed E-state index contributed by atoms with van der Waals surface area (Å²) in [7, 11) is -3.69. The largest absolute Gasteiger partial charge is 0.393 e. The number of halogens is 3. The summed E-state index contributed by atoms with van der Waals surface area (Å²) in [6.07, 6.45) is -4.19. The van der Waals surface area contributed by atoms with Crippen molar-refractivity contribution < 1.29 is 31.1 Å². The number of morpholine rings is 1. The molecule has 3 atom stereocenters. The summed E-state index contributed by atoms with van der Waals surface area (Å²) in [5.41, 5.74) is 0.386. The van der Waals surface area contributed by atoms with E-state index in [1.165, 1.54) is 33.5 Å². The number of hydrogen-bond acceptors (Lipinski definition) is 5. The molecule has 1 N–H and O–H groups in total. The Morgan fingerprint density at radius 1 is 1.13 bits per heavy atom. The SMILES string of the molecule is CC1CN(S(=O)(=O)c2ccc(NC(=O)CN3CCCC(C(F)(F)F)C3)cc2)CC(C)O1. The highest BCUT2D eigenvalue weighted by Crippen LogP contribution is 2.33. The molecule has 0 aliphatic carbocycles. The topological polar surface area (TPSA) is 79.0 Å². The van der Waals surface area contributed by atoms with Crippen LogP contribution in [-0.4, -0.2) is 74.6 Å². The van der Waals surface area contributed by atoms with Gasteiger partial charge in [0.05, 0.1) is 29.6 Å². The first-order valence-corrected chi connectivity index (χ1v) is 11.7. The Labute approximate surface area is 180 Å². The molecule has 2 heterocycles. The minimum Gasteiger partial charge on any atom is -0.373 e. The van der Waals surface area contributed by atoms with Crippen LogP contribution in [0.5, 0.6) is 0 Å². The molecule has 7 nitrogen and oxygen atoms in total. The zero-order chi connectivity index (χ0) is 22.8.